The van der Waals surface area contributed by atoms with E-state index in [0.29, 0.717) is 11.8 Å². The summed E-state index contributed by atoms with van der Waals surface area (Å²) in [5, 5.41) is 9.05. The molecule has 0 rings (SSSR count). The Balaban J connectivity index is 5.27. The van der Waals surface area contributed by atoms with Crippen molar-refractivity contribution < 1.29 is 24.2 Å². The molecule has 0 amide bonds. The quantitative estimate of drug-likeness (QED) is 0.345. The van der Waals surface area contributed by atoms with Crippen molar-refractivity contribution in [3.8, 4) is 0 Å². The van der Waals surface area contributed by atoms with Gasteiger partial charge in [0.25, 0.3) is 0 Å². The molecular formula is C12H18O5. The van der Waals surface area contributed by atoms with E-state index in [2.05, 4.69) is 0 Å². The van der Waals surface area contributed by atoms with Gasteiger partial charge in [-0.2, -0.15) is 0 Å². The van der Waals surface area contributed by atoms with Crippen molar-refractivity contribution in [3.63, 3.8) is 0 Å². The van der Waals surface area contributed by atoms with E-state index in [1.165, 1.54) is 0 Å². The number of carbonyl (C=O) groups excluding carboxylic acids is 2. The van der Waals surface area contributed by atoms with E-state index in [4.69, 9.17) is 14.6 Å². The van der Waals surface area contributed by atoms with Gasteiger partial charge in [-0.25, -0.2) is 9.59 Å². The first-order chi connectivity index (χ1) is 7.99. The highest BCUT2D eigenvalue weighted by Crippen LogP contribution is 2.18. The van der Waals surface area contributed by atoms with Crippen LogP contribution in [0.4, 0.5) is 0 Å². The number of hydrogen-bond donors (Lipinski definition) is 1. The Morgan fingerprint density at radius 1 is 1.06 bits per heavy atom. The lowest BCUT2D eigenvalue weighted by Crippen LogP contribution is -2.18. The summed E-state index contributed by atoms with van der Waals surface area (Å²) in [5.74, 6) is -1.40. The smallest absolute Gasteiger partial charge is 0.342 e. The number of hydrogen-bond acceptors (Lipinski definition) is 5. The van der Waals surface area contributed by atoms with Crippen LogP contribution in [0.5, 0.6) is 0 Å². The van der Waals surface area contributed by atoms with E-state index in [9.17, 15) is 9.59 Å². The molecule has 0 aromatic rings. The maximum absolute atomic E-state index is 11.7. The molecule has 0 bridgehead atoms. The average Bonchev–Trinajstić information content (AvgIpc) is 2.25. The highest BCUT2D eigenvalue weighted by molar-refractivity contribution is 6.07. The Morgan fingerprint density at radius 3 is 1.88 bits per heavy atom. The summed E-state index contributed by atoms with van der Waals surface area (Å²) in [6, 6.07) is 0. The highest BCUT2D eigenvalue weighted by Gasteiger charge is 2.24. The van der Waals surface area contributed by atoms with E-state index in [-0.39, 0.29) is 24.4 Å². The van der Waals surface area contributed by atoms with Gasteiger partial charge in [0.1, 0.15) is 5.57 Å². The molecule has 0 spiro atoms. The molecule has 0 aromatic carbocycles. The number of ether oxygens (including phenoxy) is 2. The zero-order valence-electron chi connectivity index (χ0n) is 10.6. The van der Waals surface area contributed by atoms with Gasteiger partial charge in [0, 0.05) is 0 Å². The first kappa shape index (κ1) is 15.2. The Bertz CT molecular complexity index is 348. The third kappa shape index (κ3) is 4.30. The van der Waals surface area contributed by atoms with Gasteiger partial charge < -0.3 is 14.6 Å². The molecule has 0 aliphatic carbocycles. The molecule has 17 heavy (non-hydrogen) atoms. The number of carbonyl (C=O) groups is 2. The van der Waals surface area contributed by atoms with Crippen LogP contribution in [0.15, 0.2) is 23.0 Å². The van der Waals surface area contributed by atoms with Crippen LogP contribution < -0.4 is 0 Å². The van der Waals surface area contributed by atoms with Crippen LogP contribution in [-0.2, 0) is 19.1 Å². The van der Waals surface area contributed by atoms with E-state index in [0.717, 1.165) is 0 Å². The first-order valence-corrected chi connectivity index (χ1v) is 5.35. The molecule has 0 atom stereocenters. The molecule has 0 aromatic heterocycles. The summed E-state index contributed by atoms with van der Waals surface area (Å²) in [6.45, 7) is 6.95. The van der Waals surface area contributed by atoms with Crippen molar-refractivity contribution in [1.82, 2.24) is 0 Å². The maximum Gasteiger partial charge on any atom is 0.342 e. The maximum atomic E-state index is 11.7. The summed E-state index contributed by atoms with van der Waals surface area (Å²) in [5.41, 5.74) is 0.412. The monoisotopic (exact) mass is 242 g/mol. The standard InChI is InChI=1S/C12H18O5/c1-5-16-11(14)9(7-13)10(8(3)4)12(15)17-6-2/h7,13H,5-6H2,1-4H3/b9-7-. The summed E-state index contributed by atoms with van der Waals surface area (Å²) in [4.78, 5) is 23.2. The SMILES string of the molecule is CCOC(=O)C(=C(C)C)/C(=C/O)C(=O)OCC. The van der Waals surface area contributed by atoms with Crippen LogP contribution in [0.1, 0.15) is 27.7 Å². The molecule has 0 unspecified atom stereocenters. The molecule has 0 aliphatic heterocycles. The highest BCUT2D eigenvalue weighted by atomic mass is 16.5. The third-order valence-corrected chi connectivity index (χ3v) is 1.87. The van der Waals surface area contributed by atoms with Crippen LogP contribution in [0.3, 0.4) is 0 Å². The molecule has 0 fully saturated rings. The van der Waals surface area contributed by atoms with Crippen LogP contribution in [0.2, 0.25) is 0 Å². The van der Waals surface area contributed by atoms with Gasteiger partial charge in [-0.1, -0.05) is 5.57 Å². The van der Waals surface area contributed by atoms with Gasteiger partial charge in [-0.3, -0.25) is 0 Å². The average molecular weight is 242 g/mol. The van der Waals surface area contributed by atoms with Crippen LogP contribution in [0.25, 0.3) is 0 Å². The fourth-order valence-corrected chi connectivity index (χ4v) is 1.21. The largest absolute Gasteiger partial charge is 0.515 e. The lowest BCUT2D eigenvalue weighted by molar-refractivity contribution is -0.142. The second-order valence-electron chi connectivity index (χ2n) is 3.36. The molecule has 96 valence electrons. The van der Waals surface area contributed by atoms with Crippen molar-refractivity contribution in [2.75, 3.05) is 13.2 Å². The predicted molar refractivity (Wildman–Crippen MR) is 62.4 cm³/mol. The van der Waals surface area contributed by atoms with Gasteiger partial charge in [0.2, 0.25) is 0 Å². The van der Waals surface area contributed by atoms with Gasteiger partial charge >= 0.3 is 11.9 Å². The molecule has 5 nitrogen and oxygen atoms in total. The second kappa shape index (κ2) is 7.49. The lowest BCUT2D eigenvalue weighted by Gasteiger charge is -2.11. The Labute approximate surface area is 101 Å². The zero-order valence-corrected chi connectivity index (χ0v) is 10.6. The fraction of sp³-hybridized carbons (Fsp3) is 0.500. The topological polar surface area (TPSA) is 72.8 Å². The van der Waals surface area contributed by atoms with Gasteiger partial charge in [0.15, 0.2) is 0 Å². The van der Waals surface area contributed by atoms with Crippen molar-refractivity contribution in [1.29, 1.82) is 0 Å². The van der Waals surface area contributed by atoms with Crippen molar-refractivity contribution in [3.05, 3.63) is 23.0 Å². The molecule has 0 heterocycles. The van der Waals surface area contributed by atoms with E-state index in [1.807, 2.05) is 0 Å². The Morgan fingerprint density at radius 2 is 1.53 bits per heavy atom. The fourth-order valence-electron chi connectivity index (χ4n) is 1.21. The third-order valence-electron chi connectivity index (χ3n) is 1.87. The number of allylic oxidation sites excluding steroid dienone is 1. The zero-order chi connectivity index (χ0) is 13.4. The van der Waals surface area contributed by atoms with Gasteiger partial charge in [-0.15, -0.1) is 0 Å². The Hall–Kier alpha value is -1.78. The summed E-state index contributed by atoms with van der Waals surface area (Å²) in [6.07, 6.45) is 0.567. The minimum Gasteiger partial charge on any atom is -0.515 e. The van der Waals surface area contributed by atoms with E-state index in [1.54, 1.807) is 27.7 Å². The first-order valence-electron chi connectivity index (χ1n) is 5.35. The van der Waals surface area contributed by atoms with Crippen molar-refractivity contribution in [2.24, 2.45) is 0 Å². The minimum atomic E-state index is -0.751. The van der Waals surface area contributed by atoms with E-state index >= 15 is 0 Å². The number of esters is 2. The number of aliphatic hydroxyl groups excluding tert-OH is 1. The van der Waals surface area contributed by atoms with Crippen LogP contribution in [-0.4, -0.2) is 30.3 Å². The minimum absolute atomic E-state index is 0.0350. The molecule has 5 heteroatoms. The Kier molecular flexibility index (Phi) is 6.70. The summed E-state index contributed by atoms with van der Waals surface area (Å²) >= 11 is 0. The molecule has 0 aliphatic rings. The van der Waals surface area contributed by atoms with Crippen molar-refractivity contribution >= 4 is 11.9 Å². The number of aliphatic hydroxyl groups is 1. The normalized spacial score (nSPS) is 10.7. The predicted octanol–water partition coefficient (Wildman–Crippen LogP) is 1.89. The lowest BCUT2D eigenvalue weighted by atomic mass is 10.0. The molecule has 0 saturated carbocycles. The summed E-state index contributed by atoms with van der Waals surface area (Å²) in [7, 11) is 0. The van der Waals surface area contributed by atoms with Crippen LogP contribution >= 0.6 is 0 Å². The molecule has 0 radical (unpaired) electrons. The van der Waals surface area contributed by atoms with Gasteiger partial charge in [0.05, 0.1) is 25.0 Å². The van der Waals surface area contributed by atoms with Gasteiger partial charge in [-0.05, 0) is 27.7 Å². The van der Waals surface area contributed by atoms with Crippen LogP contribution in [0, 0.1) is 0 Å². The molecular weight excluding hydrogens is 224 g/mol. The molecule has 1 N–H and O–H groups in total. The van der Waals surface area contributed by atoms with E-state index < -0.39 is 11.9 Å². The number of rotatable bonds is 5. The van der Waals surface area contributed by atoms with Crippen molar-refractivity contribution in [2.45, 2.75) is 27.7 Å². The second-order valence-corrected chi connectivity index (χ2v) is 3.36. The molecule has 0 saturated heterocycles. The summed E-state index contributed by atoms with van der Waals surface area (Å²) < 4.78 is 9.57.